The zero-order chi connectivity index (χ0) is 14.6. The molecular formula is C11H10Br2F3NO2. The van der Waals surface area contributed by atoms with E-state index < -0.39 is 24.8 Å². The van der Waals surface area contributed by atoms with E-state index in [1.165, 1.54) is 6.92 Å². The molecule has 0 unspecified atom stereocenters. The molecule has 0 bridgehead atoms. The lowest BCUT2D eigenvalue weighted by Gasteiger charge is -2.15. The van der Waals surface area contributed by atoms with Crippen LogP contribution in [0.25, 0.3) is 0 Å². The number of rotatable bonds is 4. The van der Waals surface area contributed by atoms with E-state index in [2.05, 4.69) is 41.9 Å². The van der Waals surface area contributed by atoms with Crippen LogP contribution in [0.1, 0.15) is 6.92 Å². The third-order valence-corrected chi connectivity index (χ3v) is 3.20. The average molecular weight is 405 g/mol. The number of anilines is 1. The van der Waals surface area contributed by atoms with Crippen LogP contribution in [-0.2, 0) is 9.53 Å². The van der Waals surface area contributed by atoms with E-state index >= 15 is 0 Å². The number of hydrogen-bond donors (Lipinski definition) is 1. The molecule has 0 heterocycles. The average Bonchev–Trinajstić information content (AvgIpc) is 2.28. The highest BCUT2D eigenvalue weighted by atomic mass is 79.9. The SMILES string of the molecule is C[C@H](OCC(F)(F)F)C(=O)Nc1ccc(Br)cc1Br. The summed E-state index contributed by atoms with van der Waals surface area (Å²) in [6.45, 7) is -0.197. The molecule has 106 valence electrons. The molecule has 0 radical (unpaired) electrons. The second-order valence-electron chi connectivity index (χ2n) is 3.68. The molecule has 1 N–H and O–H groups in total. The van der Waals surface area contributed by atoms with Crippen molar-refractivity contribution in [1.82, 2.24) is 0 Å². The van der Waals surface area contributed by atoms with Gasteiger partial charge in [0.05, 0.1) is 5.69 Å². The van der Waals surface area contributed by atoms with Crippen LogP contribution in [0.4, 0.5) is 18.9 Å². The fraction of sp³-hybridized carbons (Fsp3) is 0.364. The van der Waals surface area contributed by atoms with E-state index in [4.69, 9.17) is 0 Å². The molecular weight excluding hydrogens is 395 g/mol. The molecule has 1 aromatic rings. The first kappa shape index (κ1) is 16.5. The van der Waals surface area contributed by atoms with Crippen LogP contribution in [0.3, 0.4) is 0 Å². The van der Waals surface area contributed by atoms with Crippen molar-refractivity contribution in [2.24, 2.45) is 0 Å². The van der Waals surface area contributed by atoms with Gasteiger partial charge in [0.2, 0.25) is 0 Å². The Balaban J connectivity index is 2.59. The van der Waals surface area contributed by atoms with Crippen LogP contribution in [-0.4, -0.2) is 24.8 Å². The Bertz CT molecular complexity index is 466. The standard InChI is InChI=1S/C11H10Br2F3NO2/c1-6(19-5-11(14,15)16)10(18)17-9-3-2-7(12)4-8(9)13/h2-4,6H,5H2,1H3,(H,17,18)/t6-/m0/s1. The van der Waals surface area contributed by atoms with Crippen molar-refractivity contribution in [2.75, 3.05) is 11.9 Å². The van der Waals surface area contributed by atoms with Gasteiger partial charge >= 0.3 is 6.18 Å². The number of nitrogens with one attached hydrogen (secondary N) is 1. The van der Waals surface area contributed by atoms with Gasteiger partial charge in [-0.25, -0.2) is 0 Å². The first-order valence-corrected chi connectivity index (χ1v) is 6.72. The second-order valence-corrected chi connectivity index (χ2v) is 5.45. The van der Waals surface area contributed by atoms with Crippen LogP contribution >= 0.6 is 31.9 Å². The molecule has 1 atom stereocenters. The van der Waals surface area contributed by atoms with Gasteiger partial charge in [-0.1, -0.05) is 15.9 Å². The van der Waals surface area contributed by atoms with Crippen molar-refractivity contribution >= 4 is 43.5 Å². The second kappa shape index (κ2) is 6.71. The van der Waals surface area contributed by atoms with Gasteiger partial charge in [-0.2, -0.15) is 13.2 Å². The summed E-state index contributed by atoms with van der Waals surface area (Å²) in [4.78, 5) is 11.6. The number of benzene rings is 1. The Labute approximate surface area is 124 Å². The lowest BCUT2D eigenvalue weighted by atomic mass is 10.3. The molecule has 0 aromatic heterocycles. The highest BCUT2D eigenvalue weighted by Crippen LogP contribution is 2.26. The largest absolute Gasteiger partial charge is 0.411 e. The number of amides is 1. The molecule has 1 rings (SSSR count). The minimum atomic E-state index is -4.45. The summed E-state index contributed by atoms with van der Waals surface area (Å²) in [5.74, 6) is -0.646. The summed E-state index contributed by atoms with van der Waals surface area (Å²) >= 11 is 6.48. The van der Waals surface area contributed by atoms with Crippen LogP contribution in [0.2, 0.25) is 0 Å². The highest BCUT2D eigenvalue weighted by molar-refractivity contribution is 9.11. The number of carbonyl (C=O) groups excluding carboxylic acids is 1. The van der Waals surface area contributed by atoms with E-state index in [0.29, 0.717) is 10.2 Å². The van der Waals surface area contributed by atoms with E-state index in [0.717, 1.165) is 4.47 Å². The van der Waals surface area contributed by atoms with E-state index in [1.807, 2.05) is 0 Å². The van der Waals surface area contributed by atoms with Crippen molar-refractivity contribution < 1.29 is 22.7 Å². The zero-order valence-corrected chi connectivity index (χ0v) is 12.9. The van der Waals surface area contributed by atoms with Crippen molar-refractivity contribution in [2.45, 2.75) is 19.2 Å². The third-order valence-electron chi connectivity index (χ3n) is 2.06. The lowest BCUT2D eigenvalue weighted by Crippen LogP contribution is -2.31. The summed E-state index contributed by atoms with van der Waals surface area (Å²) in [5.41, 5.74) is 0.454. The highest BCUT2D eigenvalue weighted by Gasteiger charge is 2.30. The van der Waals surface area contributed by atoms with Crippen molar-refractivity contribution in [3.05, 3.63) is 27.1 Å². The maximum atomic E-state index is 11.9. The Morgan fingerprint density at radius 2 is 2.05 bits per heavy atom. The first-order chi connectivity index (χ1) is 8.69. The topological polar surface area (TPSA) is 38.3 Å². The van der Waals surface area contributed by atoms with Gasteiger partial charge in [-0.15, -0.1) is 0 Å². The number of halogens is 5. The smallest absolute Gasteiger partial charge is 0.359 e. The van der Waals surface area contributed by atoms with Crippen LogP contribution in [0.5, 0.6) is 0 Å². The zero-order valence-electron chi connectivity index (χ0n) is 9.72. The monoisotopic (exact) mass is 403 g/mol. The maximum Gasteiger partial charge on any atom is 0.411 e. The van der Waals surface area contributed by atoms with Gasteiger partial charge in [-0.05, 0) is 41.1 Å². The summed E-state index contributed by atoms with van der Waals surface area (Å²) < 4.78 is 41.7. The van der Waals surface area contributed by atoms with Gasteiger partial charge in [0.25, 0.3) is 5.91 Å². The molecule has 3 nitrogen and oxygen atoms in total. The number of hydrogen-bond acceptors (Lipinski definition) is 2. The minimum absolute atomic E-state index is 0.454. The molecule has 0 aliphatic carbocycles. The predicted octanol–water partition coefficient (Wildman–Crippen LogP) is 4.12. The summed E-state index contributed by atoms with van der Waals surface area (Å²) in [6, 6.07) is 5.01. The Hall–Kier alpha value is -0.600. The van der Waals surface area contributed by atoms with Crippen molar-refractivity contribution in [3.8, 4) is 0 Å². The van der Waals surface area contributed by atoms with Gasteiger partial charge in [-0.3, -0.25) is 4.79 Å². The van der Waals surface area contributed by atoms with Gasteiger partial charge in [0.1, 0.15) is 12.7 Å². The minimum Gasteiger partial charge on any atom is -0.359 e. The van der Waals surface area contributed by atoms with Crippen LogP contribution in [0, 0.1) is 0 Å². The fourth-order valence-corrected chi connectivity index (χ4v) is 2.27. The number of alkyl halides is 3. The lowest BCUT2D eigenvalue weighted by molar-refractivity contribution is -0.184. The molecule has 1 amide bonds. The van der Waals surface area contributed by atoms with Crippen LogP contribution < -0.4 is 5.32 Å². The van der Waals surface area contributed by atoms with E-state index in [1.54, 1.807) is 18.2 Å². The summed E-state index contributed by atoms with van der Waals surface area (Å²) in [6.07, 6.45) is -5.65. The third kappa shape index (κ3) is 5.92. The van der Waals surface area contributed by atoms with Gasteiger partial charge in [0.15, 0.2) is 0 Å². The van der Waals surface area contributed by atoms with Crippen molar-refractivity contribution in [3.63, 3.8) is 0 Å². The Kier molecular flexibility index (Phi) is 5.82. The molecule has 0 aliphatic rings. The molecule has 0 saturated carbocycles. The van der Waals surface area contributed by atoms with Crippen LogP contribution in [0.15, 0.2) is 27.1 Å². The van der Waals surface area contributed by atoms with E-state index in [-0.39, 0.29) is 0 Å². The molecule has 0 spiro atoms. The van der Waals surface area contributed by atoms with E-state index in [9.17, 15) is 18.0 Å². The molecule has 0 aliphatic heterocycles. The maximum absolute atomic E-state index is 11.9. The Morgan fingerprint density at radius 3 is 2.58 bits per heavy atom. The summed E-state index contributed by atoms with van der Waals surface area (Å²) in [7, 11) is 0. The fourth-order valence-electron chi connectivity index (χ4n) is 1.12. The first-order valence-electron chi connectivity index (χ1n) is 5.13. The quantitative estimate of drug-likeness (QED) is 0.819. The van der Waals surface area contributed by atoms with Gasteiger partial charge in [0, 0.05) is 8.95 Å². The number of carbonyl (C=O) groups is 1. The molecule has 19 heavy (non-hydrogen) atoms. The van der Waals surface area contributed by atoms with Gasteiger partial charge < -0.3 is 10.1 Å². The molecule has 1 aromatic carbocycles. The normalized spacial score (nSPS) is 13.2. The Morgan fingerprint density at radius 1 is 1.42 bits per heavy atom. The number of ether oxygens (including phenoxy) is 1. The predicted molar refractivity (Wildman–Crippen MR) is 71.9 cm³/mol. The molecule has 8 heteroatoms. The summed E-state index contributed by atoms with van der Waals surface area (Å²) in [5, 5.41) is 2.47. The molecule has 0 fully saturated rings. The molecule has 0 saturated heterocycles. The van der Waals surface area contributed by atoms with Crippen molar-refractivity contribution in [1.29, 1.82) is 0 Å².